The van der Waals surface area contributed by atoms with E-state index in [-0.39, 0.29) is 12.3 Å². The smallest absolute Gasteiger partial charge is 0.308 e. The molecule has 1 aliphatic heterocycles. The van der Waals surface area contributed by atoms with Crippen molar-refractivity contribution < 1.29 is 19.4 Å². The van der Waals surface area contributed by atoms with Crippen LogP contribution in [0.1, 0.15) is 30.1 Å². The summed E-state index contributed by atoms with van der Waals surface area (Å²) in [7, 11) is 1.56. The molecule has 1 aromatic heterocycles. The molecule has 2 rings (SSSR count). The number of hydrogen-bond donors (Lipinski definition) is 1. The average molecular weight is 292 g/mol. The fourth-order valence-corrected chi connectivity index (χ4v) is 2.73. The van der Waals surface area contributed by atoms with Crippen LogP contribution in [0.15, 0.2) is 18.3 Å². The number of ether oxygens (including phenoxy) is 1. The van der Waals surface area contributed by atoms with E-state index in [4.69, 9.17) is 4.74 Å². The van der Waals surface area contributed by atoms with E-state index in [1.807, 2.05) is 19.1 Å². The van der Waals surface area contributed by atoms with Gasteiger partial charge in [0.2, 0.25) is 5.91 Å². The number of carboxylic acid groups (broad SMARTS) is 1. The van der Waals surface area contributed by atoms with E-state index in [0.29, 0.717) is 19.6 Å². The molecule has 2 heterocycles. The minimum Gasteiger partial charge on any atom is -0.481 e. The minimum atomic E-state index is -0.879. The Balaban J connectivity index is 2.35. The van der Waals surface area contributed by atoms with Crippen molar-refractivity contribution in [2.24, 2.45) is 5.92 Å². The summed E-state index contributed by atoms with van der Waals surface area (Å²) < 4.78 is 5.04. The SMILES string of the molecule is COCCN1C(=O)CCC(C(=O)O)C1c1ccc(C)nc1. The zero-order chi connectivity index (χ0) is 15.4. The van der Waals surface area contributed by atoms with Crippen LogP contribution in [-0.4, -0.2) is 47.1 Å². The Morgan fingerprint density at radius 1 is 1.52 bits per heavy atom. The summed E-state index contributed by atoms with van der Waals surface area (Å²) in [6.45, 7) is 2.64. The molecule has 21 heavy (non-hydrogen) atoms. The average Bonchev–Trinajstić information content (AvgIpc) is 2.46. The molecule has 1 aliphatic rings. The number of aliphatic carboxylic acids is 1. The van der Waals surface area contributed by atoms with Crippen molar-refractivity contribution in [1.82, 2.24) is 9.88 Å². The minimum absolute atomic E-state index is 0.0323. The van der Waals surface area contributed by atoms with Gasteiger partial charge in [0.05, 0.1) is 18.6 Å². The molecular weight excluding hydrogens is 272 g/mol. The summed E-state index contributed by atoms with van der Waals surface area (Å²) in [4.78, 5) is 29.6. The second-order valence-corrected chi connectivity index (χ2v) is 5.24. The van der Waals surface area contributed by atoms with E-state index < -0.39 is 17.9 Å². The largest absolute Gasteiger partial charge is 0.481 e. The van der Waals surface area contributed by atoms with Crippen LogP contribution in [0.5, 0.6) is 0 Å². The number of carbonyl (C=O) groups excluding carboxylic acids is 1. The summed E-state index contributed by atoms with van der Waals surface area (Å²) in [6, 6.07) is 3.20. The summed E-state index contributed by atoms with van der Waals surface area (Å²) in [5.41, 5.74) is 1.62. The molecule has 2 atom stereocenters. The predicted octanol–water partition coefficient (Wildman–Crippen LogP) is 1.40. The van der Waals surface area contributed by atoms with Gasteiger partial charge in [0.25, 0.3) is 0 Å². The van der Waals surface area contributed by atoms with Crippen LogP contribution in [0, 0.1) is 12.8 Å². The maximum atomic E-state index is 12.2. The summed E-state index contributed by atoms with van der Waals surface area (Å²) in [5.74, 6) is -1.52. The highest BCUT2D eigenvalue weighted by Gasteiger charge is 2.40. The first-order valence-corrected chi connectivity index (χ1v) is 6.98. The van der Waals surface area contributed by atoms with Crippen molar-refractivity contribution in [3.05, 3.63) is 29.6 Å². The summed E-state index contributed by atoms with van der Waals surface area (Å²) in [6.07, 6.45) is 2.28. The molecule has 1 fully saturated rings. The Morgan fingerprint density at radius 3 is 2.86 bits per heavy atom. The molecular formula is C15H20N2O4. The lowest BCUT2D eigenvalue weighted by atomic mass is 9.85. The molecule has 1 saturated heterocycles. The molecule has 6 nitrogen and oxygen atoms in total. The number of aryl methyl sites for hydroxylation is 1. The zero-order valence-corrected chi connectivity index (χ0v) is 12.3. The number of likely N-dealkylation sites (tertiary alicyclic amines) is 1. The van der Waals surface area contributed by atoms with E-state index >= 15 is 0 Å². The van der Waals surface area contributed by atoms with Gasteiger partial charge in [0, 0.05) is 32.0 Å². The number of pyridine rings is 1. The molecule has 0 spiro atoms. The number of amides is 1. The van der Waals surface area contributed by atoms with Gasteiger partial charge < -0.3 is 14.7 Å². The molecule has 1 aromatic rings. The van der Waals surface area contributed by atoms with Gasteiger partial charge in [-0.15, -0.1) is 0 Å². The second-order valence-electron chi connectivity index (χ2n) is 5.24. The Morgan fingerprint density at radius 2 is 2.29 bits per heavy atom. The Hall–Kier alpha value is -1.95. The fraction of sp³-hybridized carbons (Fsp3) is 0.533. The summed E-state index contributed by atoms with van der Waals surface area (Å²) >= 11 is 0. The van der Waals surface area contributed by atoms with Crippen molar-refractivity contribution >= 4 is 11.9 Å². The third-order valence-electron chi connectivity index (χ3n) is 3.84. The number of piperidine rings is 1. The highest BCUT2D eigenvalue weighted by Crippen LogP contribution is 2.36. The van der Waals surface area contributed by atoms with Gasteiger partial charge in [-0.05, 0) is 25.0 Å². The molecule has 114 valence electrons. The third-order valence-corrected chi connectivity index (χ3v) is 3.84. The first-order chi connectivity index (χ1) is 10.0. The molecule has 6 heteroatoms. The van der Waals surface area contributed by atoms with Crippen molar-refractivity contribution in [2.75, 3.05) is 20.3 Å². The monoisotopic (exact) mass is 292 g/mol. The van der Waals surface area contributed by atoms with E-state index in [1.165, 1.54) is 0 Å². The van der Waals surface area contributed by atoms with Crippen LogP contribution in [0.25, 0.3) is 0 Å². The summed E-state index contributed by atoms with van der Waals surface area (Å²) in [5, 5.41) is 9.46. The third kappa shape index (κ3) is 3.39. The van der Waals surface area contributed by atoms with Crippen LogP contribution in [0.2, 0.25) is 0 Å². The lowest BCUT2D eigenvalue weighted by Gasteiger charge is -2.39. The molecule has 1 N–H and O–H groups in total. The quantitative estimate of drug-likeness (QED) is 0.887. The first kappa shape index (κ1) is 15.4. The van der Waals surface area contributed by atoms with Gasteiger partial charge in [0.15, 0.2) is 0 Å². The zero-order valence-electron chi connectivity index (χ0n) is 12.3. The van der Waals surface area contributed by atoms with Crippen molar-refractivity contribution in [3.8, 4) is 0 Å². The van der Waals surface area contributed by atoms with Gasteiger partial charge in [-0.1, -0.05) is 6.07 Å². The maximum Gasteiger partial charge on any atom is 0.308 e. The van der Waals surface area contributed by atoms with Gasteiger partial charge in [-0.25, -0.2) is 0 Å². The van der Waals surface area contributed by atoms with Crippen LogP contribution in [-0.2, 0) is 14.3 Å². The van der Waals surface area contributed by atoms with Crippen molar-refractivity contribution in [1.29, 1.82) is 0 Å². The van der Waals surface area contributed by atoms with Crippen LogP contribution in [0.4, 0.5) is 0 Å². The lowest BCUT2D eigenvalue weighted by Crippen LogP contribution is -2.46. The highest BCUT2D eigenvalue weighted by atomic mass is 16.5. The Kier molecular flexibility index (Phi) is 4.90. The van der Waals surface area contributed by atoms with Gasteiger partial charge >= 0.3 is 5.97 Å². The van der Waals surface area contributed by atoms with Crippen LogP contribution in [0.3, 0.4) is 0 Å². The fourth-order valence-electron chi connectivity index (χ4n) is 2.73. The molecule has 0 radical (unpaired) electrons. The van der Waals surface area contributed by atoms with Crippen molar-refractivity contribution in [3.63, 3.8) is 0 Å². The highest BCUT2D eigenvalue weighted by molar-refractivity contribution is 5.81. The van der Waals surface area contributed by atoms with E-state index in [2.05, 4.69) is 4.98 Å². The Bertz CT molecular complexity index is 515. The van der Waals surface area contributed by atoms with E-state index in [0.717, 1.165) is 11.3 Å². The molecule has 2 unspecified atom stereocenters. The number of hydrogen-bond acceptors (Lipinski definition) is 4. The molecule has 0 aliphatic carbocycles. The number of rotatable bonds is 5. The number of carboxylic acids is 1. The van der Waals surface area contributed by atoms with Crippen molar-refractivity contribution in [2.45, 2.75) is 25.8 Å². The van der Waals surface area contributed by atoms with E-state index in [9.17, 15) is 14.7 Å². The van der Waals surface area contributed by atoms with Crippen LogP contribution >= 0.6 is 0 Å². The van der Waals surface area contributed by atoms with Gasteiger partial charge in [-0.3, -0.25) is 14.6 Å². The number of aromatic nitrogens is 1. The lowest BCUT2D eigenvalue weighted by molar-refractivity contribution is -0.152. The molecule has 0 bridgehead atoms. The predicted molar refractivity (Wildman–Crippen MR) is 75.7 cm³/mol. The number of carbonyl (C=O) groups is 2. The van der Waals surface area contributed by atoms with Gasteiger partial charge in [0.1, 0.15) is 0 Å². The number of methoxy groups -OCH3 is 1. The first-order valence-electron chi connectivity index (χ1n) is 6.98. The molecule has 0 aromatic carbocycles. The van der Waals surface area contributed by atoms with E-state index in [1.54, 1.807) is 18.2 Å². The normalized spacial score (nSPS) is 22.4. The molecule has 0 saturated carbocycles. The maximum absolute atomic E-state index is 12.2. The van der Waals surface area contributed by atoms with Gasteiger partial charge in [-0.2, -0.15) is 0 Å². The Labute approximate surface area is 123 Å². The number of nitrogens with zero attached hydrogens (tertiary/aromatic N) is 2. The molecule has 1 amide bonds. The topological polar surface area (TPSA) is 79.7 Å². The second kappa shape index (κ2) is 6.67. The van der Waals surface area contributed by atoms with Crippen LogP contribution < -0.4 is 0 Å². The standard InChI is InChI=1S/C15H20N2O4/c1-10-3-4-11(9-16-10)14-12(15(19)20)5-6-13(18)17(14)7-8-21-2/h3-4,9,12,14H,5-8H2,1-2H3,(H,19,20).